The topological polar surface area (TPSA) is 47.6 Å². The van der Waals surface area contributed by atoms with Crippen LogP contribution in [0.25, 0.3) is 0 Å². The molecule has 2 aromatic rings. The van der Waals surface area contributed by atoms with Crippen molar-refractivity contribution in [2.75, 3.05) is 20.8 Å². The summed E-state index contributed by atoms with van der Waals surface area (Å²) < 4.78 is 10.5. The maximum absolute atomic E-state index is 12.3. The Bertz CT molecular complexity index is 650. The van der Waals surface area contributed by atoms with E-state index >= 15 is 0 Å². The number of hydrogen-bond acceptors (Lipinski definition) is 3. The molecule has 0 aliphatic carbocycles. The molecule has 0 spiro atoms. The highest BCUT2D eigenvalue weighted by atomic mass is 16.5. The Balaban J connectivity index is 1.89. The lowest BCUT2D eigenvalue weighted by Gasteiger charge is -2.12. The van der Waals surface area contributed by atoms with Crippen LogP contribution in [-0.4, -0.2) is 26.7 Å². The zero-order valence-corrected chi connectivity index (χ0v) is 13.9. The molecule has 0 bridgehead atoms. The van der Waals surface area contributed by atoms with Crippen molar-refractivity contribution in [3.8, 4) is 11.5 Å². The van der Waals surface area contributed by atoms with Crippen molar-refractivity contribution in [1.29, 1.82) is 0 Å². The summed E-state index contributed by atoms with van der Waals surface area (Å²) >= 11 is 0. The maximum atomic E-state index is 12.3. The molecule has 4 heteroatoms. The zero-order chi connectivity index (χ0) is 16.7. The van der Waals surface area contributed by atoms with Crippen molar-refractivity contribution in [1.82, 2.24) is 5.32 Å². The largest absolute Gasteiger partial charge is 0.493 e. The summed E-state index contributed by atoms with van der Waals surface area (Å²) in [4.78, 5) is 12.3. The standard InChI is InChI=1S/C19H23NO3/c1-14-9-11-15(12-10-14)6-5-13-20-19(21)16-7-4-8-17(22-2)18(16)23-3/h4,7-12H,5-6,13H2,1-3H3,(H,20,21). The molecule has 2 rings (SSSR count). The van der Waals surface area contributed by atoms with Gasteiger partial charge in [-0.05, 0) is 37.5 Å². The van der Waals surface area contributed by atoms with Crippen molar-refractivity contribution >= 4 is 5.91 Å². The minimum absolute atomic E-state index is 0.148. The molecule has 0 heterocycles. The van der Waals surface area contributed by atoms with E-state index in [1.165, 1.54) is 18.2 Å². The second-order valence-corrected chi connectivity index (χ2v) is 5.39. The van der Waals surface area contributed by atoms with Gasteiger partial charge >= 0.3 is 0 Å². The Hall–Kier alpha value is -2.49. The highest BCUT2D eigenvalue weighted by molar-refractivity contribution is 5.97. The van der Waals surface area contributed by atoms with Gasteiger partial charge in [-0.1, -0.05) is 35.9 Å². The Morgan fingerprint density at radius 3 is 2.43 bits per heavy atom. The average molecular weight is 313 g/mol. The molecule has 4 nitrogen and oxygen atoms in total. The summed E-state index contributed by atoms with van der Waals surface area (Å²) in [6, 6.07) is 13.8. The van der Waals surface area contributed by atoms with Crippen LogP contribution in [0.3, 0.4) is 0 Å². The van der Waals surface area contributed by atoms with Crippen LogP contribution in [0, 0.1) is 6.92 Å². The van der Waals surface area contributed by atoms with Crippen LogP contribution < -0.4 is 14.8 Å². The predicted octanol–water partition coefficient (Wildman–Crippen LogP) is 3.37. The van der Waals surface area contributed by atoms with Gasteiger partial charge in [-0.15, -0.1) is 0 Å². The quantitative estimate of drug-likeness (QED) is 0.797. The Labute approximate surface area is 137 Å². The second kappa shape index (κ2) is 8.22. The zero-order valence-electron chi connectivity index (χ0n) is 13.9. The number of para-hydroxylation sites is 1. The van der Waals surface area contributed by atoms with Crippen LogP contribution in [-0.2, 0) is 6.42 Å². The molecule has 2 aromatic carbocycles. The van der Waals surface area contributed by atoms with Crippen LogP contribution in [0.2, 0.25) is 0 Å². The lowest BCUT2D eigenvalue weighted by molar-refractivity contribution is 0.0949. The van der Waals surface area contributed by atoms with E-state index in [2.05, 4.69) is 36.5 Å². The molecule has 0 saturated carbocycles. The first-order chi connectivity index (χ1) is 11.2. The van der Waals surface area contributed by atoms with E-state index in [1.807, 2.05) is 0 Å². The molecule has 0 saturated heterocycles. The molecule has 1 amide bonds. The third-order valence-corrected chi connectivity index (χ3v) is 3.70. The average Bonchev–Trinajstić information content (AvgIpc) is 2.59. The first kappa shape index (κ1) is 16.9. The summed E-state index contributed by atoms with van der Waals surface area (Å²) in [5.74, 6) is 0.871. The fraction of sp³-hybridized carbons (Fsp3) is 0.316. The SMILES string of the molecule is COc1cccc(C(=O)NCCCc2ccc(C)cc2)c1OC. The Kier molecular flexibility index (Phi) is 6.03. The number of rotatable bonds is 7. The van der Waals surface area contributed by atoms with Crippen molar-refractivity contribution < 1.29 is 14.3 Å². The predicted molar refractivity (Wildman–Crippen MR) is 91.4 cm³/mol. The van der Waals surface area contributed by atoms with E-state index in [9.17, 15) is 4.79 Å². The van der Waals surface area contributed by atoms with Gasteiger partial charge in [-0.3, -0.25) is 4.79 Å². The lowest BCUT2D eigenvalue weighted by atomic mass is 10.1. The van der Waals surface area contributed by atoms with Gasteiger partial charge in [0.1, 0.15) is 0 Å². The van der Waals surface area contributed by atoms with Crippen molar-refractivity contribution in [3.63, 3.8) is 0 Å². The molecule has 1 N–H and O–H groups in total. The number of aryl methyl sites for hydroxylation is 2. The molecule has 0 fully saturated rings. The third kappa shape index (κ3) is 4.49. The summed E-state index contributed by atoms with van der Waals surface area (Å²) in [6.45, 7) is 2.69. The van der Waals surface area contributed by atoms with E-state index in [0.29, 0.717) is 23.6 Å². The number of carbonyl (C=O) groups excluding carboxylic acids is 1. The van der Waals surface area contributed by atoms with Gasteiger partial charge in [0.05, 0.1) is 19.8 Å². The molecule has 0 aliphatic rings. The van der Waals surface area contributed by atoms with Gasteiger partial charge < -0.3 is 14.8 Å². The number of amides is 1. The van der Waals surface area contributed by atoms with Gasteiger partial charge in [0.15, 0.2) is 11.5 Å². The Morgan fingerprint density at radius 1 is 1.04 bits per heavy atom. The molecular weight excluding hydrogens is 290 g/mol. The minimum atomic E-state index is -0.148. The molecular formula is C19H23NO3. The van der Waals surface area contributed by atoms with Gasteiger partial charge in [-0.2, -0.15) is 0 Å². The smallest absolute Gasteiger partial charge is 0.255 e. The summed E-state index contributed by atoms with van der Waals surface area (Å²) in [5, 5.41) is 2.93. The van der Waals surface area contributed by atoms with Gasteiger partial charge in [0.25, 0.3) is 5.91 Å². The monoisotopic (exact) mass is 313 g/mol. The minimum Gasteiger partial charge on any atom is -0.493 e. The second-order valence-electron chi connectivity index (χ2n) is 5.39. The number of methoxy groups -OCH3 is 2. The molecule has 122 valence electrons. The fourth-order valence-corrected chi connectivity index (χ4v) is 2.41. The lowest BCUT2D eigenvalue weighted by Crippen LogP contribution is -2.25. The third-order valence-electron chi connectivity index (χ3n) is 3.70. The first-order valence-corrected chi connectivity index (χ1v) is 7.70. The molecule has 0 aliphatic heterocycles. The highest BCUT2D eigenvalue weighted by Gasteiger charge is 2.15. The molecule has 0 aromatic heterocycles. The normalized spacial score (nSPS) is 10.2. The van der Waals surface area contributed by atoms with Gasteiger partial charge in [0, 0.05) is 6.54 Å². The van der Waals surface area contributed by atoms with E-state index in [1.54, 1.807) is 25.3 Å². The summed E-state index contributed by atoms with van der Waals surface area (Å²) in [7, 11) is 3.09. The molecule has 0 radical (unpaired) electrons. The summed E-state index contributed by atoms with van der Waals surface area (Å²) in [5.41, 5.74) is 3.03. The first-order valence-electron chi connectivity index (χ1n) is 7.70. The van der Waals surface area contributed by atoms with E-state index < -0.39 is 0 Å². The van der Waals surface area contributed by atoms with E-state index in [0.717, 1.165) is 12.8 Å². The van der Waals surface area contributed by atoms with Crippen molar-refractivity contribution in [2.24, 2.45) is 0 Å². The van der Waals surface area contributed by atoms with Crippen molar-refractivity contribution in [2.45, 2.75) is 19.8 Å². The van der Waals surface area contributed by atoms with E-state index in [4.69, 9.17) is 9.47 Å². The molecule has 0 atom stereocenters. The number of nitrogens with one attached hydrogen (secondary N) is 1. The van der Waals surface area contributed by atoms with Gasteiger partial charge in [0.2, 0.25) is 0 Å². The number of benzene rings is 2. The van der Waals surface area contributed by atoms with Crippen LogP contribution in [0.1, 0.15) is 27.9 Å². The maximum Gasteiger partial charge on any atom is 0.255 e. The van der Waals surface area contributed by atoms with Crippen LogP contribution in [0.4, 0.5) is 0 Å². The van der Waals surface area contributed by atoms with Gasteiger partial charge in [-0.25, -0.2) is 0 Å². The van der Waals surface area contributed by atoms with Crippen LogP contribution >= 0.6 is 0 Å². The molecule has 0 unspecified atom stereocenters. The molecule has 23 heavy (non-hydrogen) atoms. The number of carbonyl (C=O) groups is 1. The number of hydrogen-bond donors (Lipinski definition) is 1. The Morgan fingerprint density at radius 2 is 1.78 bits per heavy atom. The highest BCUT2D eigenvalue weighted by Crippen LogP contribution is 2.30. The fourth-order valence-electron chi connectivity index (χ4n) is 2.41. The van der Waals surface area contributed by atoms with Crippen LogP contribution in [0.15, 0.2) is 42.5 Å². The number of ether oxygens (including phenoxy) is 2. The van der Waals surface area contributed by atoms with Crippen LogP contribution in [0.5, 0.6) is 11.5 Å². The van der Waals surface area contributed by atoms with E-state index in [-0.39, 0.29) is 5.91 Å². The van der Waals surface area contributed by atoms with Crippen molar-refractivity contribution in [3.05, 3.63) is 59.2 Å². The summed E-state index contributed by atoms with van der Waals surface area (Å²) in [6.07, 6.45) is 1.83.